The molecule has 0 saturated carbocycles. The molecule has 0 saturated heterocycles. The highest BCUT2D eigenvalue weighted by atomic mass is 35.5. The van der Waals surface area contributed by atoms with Gasteiger partial charge in [-0.1, -0.05) is 48.4 Å². The molecule has 0 fully saturated rings. The molecular formula is C24H21ClN4O2S. The number of ether oxygens (including phenoxy) is 1. The van der Waals surface area contributed by atoms with Crippen LogP contribution in [-0.2, 0) is 4.84 Å². The number of anilines is 1. The van der Waals surface area contributed by atoms with Crippen LogP contribution in [-0.4, -0.2) is 4.98 Å². The number of allylic oxidation sites excluding steroid dienone is 1. The Hall–Kier alpha value is -3.52. The molecule has 1 heterocycles. The van der Waals surface area contributed by atoms with Crippen molar-refractivity contribution in [1.82, 2.24) is 4.98 Å². The first-order valence-electron chi connectivity index (χ1n) is 9.86. The summed E-state index contributed by atoms with van der Waals surface area (Å²) in [5.74, 6) is 0.522. The van der Waals surface area contributed by atoms with E-state index in [-0.39, 0.29) is 0 Å². The van der Waals surface area contributed by atoms with Gasteiger partial charge >= 0.3 is 0 Å². The van der Waals surface area contributed by atoms with Crippen molar-refractivity contribution in [3.63, 3.8) is 0 Å². The van der Waals surface area contributed by atoms with Crippen molar-refractivity contribution in [2.24, 2.45) is 0 Å². The van der Waals surface area contributed by atoms with Crippen LogP contribution in [0, 0.1) is 36.5 Å². The Morgan fingerprint density at radius 1 is 1.22 bits per heavy atom. The van der Waals surface area contributed by atoms with Crippen LogP contribution >= 0.6 is 22.9 Å². The van der Waals surface area contributed by atoms with Crippen molar-refractivity contribution in [2.75, 3.05) is 5.48 Å². The number of nitrogens with one attached hydrogen (secondary N) is 1. The molecule has 2 aromatic carbocycles. The number of rotatable bonds is 8. The molecule has 32 heavy (non-hydrogen) atoms. The van der Waals surface area contributed by atoms with E-state index >= 15 is 0 Å². The summed E-state index contributed by atoms with van der Waals surface area (Å²) in [7, 11) is 0. The zero-order chi connectivity index (χ0) is 23.1. The number of aryl methyl sites for hydroxylation is 2. The van der Waals surface area contributed by atoms with Gasteiger partial charge in [-0.25, -0.2) is 10.5 Å². The second-order valence-corrected chi connectivity index (χ2v) is 8.61. The summed E-state index contributed by atoms with van der Waals surface area (Å²) in [4.78, 5) is 9.92. The topological polar surface area (TPSA) is 91.0 Å². The third kappa shape index (κ3) is 5.59. The number of halogens is 1. The van der Waals surface area contributed by atoms with Crippen molar-refractivity contribution in [2.45, 2.75) is 33.1 Å². The van der Waals surface area contributed by atoms with Gasteiger partial charge in [0.2, 0.25) is 0 Å². The number of hydrogen-bond acceptors (Lipinski definition) is 7. The van der Waals surface area contributed by atoms with E-state index in [4.69, 9.17) is 31.7 Å². The summed E-state index contributed by atoms with van der Waals surface area (Å²) in [5, 5.41) is 18.5. The van der Waals surface area contributed by atoms with E-state index in [0.717, 1.165) is 28.2 Å². The zero-order valence-corrected chi connectivity index (χ0v) is 19.4. The van der Waals surface area contributed by atoms with E-state index in [0.29, 0.717) is 32.9 Å². The first-order chi connectivity index (χ1) is 15.4. The minimum atomic E-state index is -0.939. The Morgan fingerprint density at radius 2 is 2.00 bits per heavy atom. The van der Waals surface area contributed by atoms with E-state index < -0.39 is 5.92 Å². The van der Waals surface area contributed by atoms with Gasteiger partial charge in [-0.15, -0.1) is 11.3 Å². The first kappa shape index (κ1) is 23.1. The number of aromatic nitrogens is 1. The third-order valence-corrected chi connectivity index (χ3v) is 5.85. The molecule has 0 aliphatic heterocycles. The summed E-state index contributed by atoms with van der Waals surface area (Å²) < 4.78 is 6.38. The average molecular weight is 465 g/mol. The number of hydrogen-bond donors (Lipinski definition) is 1. The number of thiazole rings is 1. The van der Waals surface area contributed by atoms with E-state index in [2.05, 4.69) is 16.5 Å². The number of benzene rings is 2. The Bertz CT molecular complexity index is 1210. The number of nitrogens with zero attached hydrogens (tertiary/aromatic N) is 3. The molecule has 0 atom stereocenters. The molecule has 162 valence electrons. The van der Waals surface area contributed by atoms with Gasteiger partial charge in [0.15, 0.2) is 12.2 Å². The lowest BCUT2D eigenvalue weighted by Gasteiger charge is -2.12. The molecule has 0 spiro atoms. The van der Waals surface area contributed by atoms with E-state index in [9.17, 15) is 0 Å². The van der Waals surface area contributed by atoms with Crippen molar-refractivity contribution < 1.29 is 9.57 Å². The molecule has 0 bridgehead atoms. The van der Waals surface area contributed by atoms with Gasteiger partial charge < -0.3 is 9.57 Å². The molecule has 3 aromatic rings. The van der Waals surface area contributed by atoms with Crippen LogP contribution in [0.1, 0.15) is 35.4 Å². The Balaban J connectivity index is 1.71. The average Bonchev–Trinajstić information content (AvgIpc) is 3.17. The molecule has 8 heteroatoms. The molecule has 0 unspecified atom stereocenters. The van der Waals surface area contributed by atoms with Gasteiger partial charge in [-0.05, 0) is 37.6 Å². The van der Waals surface area contributed by atoms with Crippen molar-refractivity contribution in [3.8, 4) is 29.1 Å². The fraction of sp³-hybridized carbons (Fsp3) is 0.208. The van der Waals surface area contributed by atoms with Gasteiger partial charge in [0.05, 0.1) is 17.8 Å². The van der Waals surface area contributed by atoms with Crippen LogP contribution in [0.5, 0.6) is 5.75 Å². The molecule has 0 radical (unpaired) electrons. The predicted molar refractivity (Wildman–Crippen MR) is 126 cm³/mol. The van der Waals surface area contributed by atoms with Gasteiger partial charge in [-0.3, -0.25) is 0 Å². The summed E-state index contributed by atoms with van der Waals surface area (Å²) in [6.07, 6.45) is 2.19. The highest BCUT2D eigenvalue weighted by Gasteiger charge is 2.19. The van der Waals surface area contributed by atoms with E-state index in [1.165, 1.54) is 11.8 Å². The fourth-order valence-corrected chi connectivity index (χ4v) is 4.08. The van der Waals surface area contributed by atoms with Gasteiger partial charge in [0.1, 0.15) is 26.5 Å². The minimum absolute atomic E-state index is 0.378. The van der Waals surface area contributed by atoms with E-state index in [1.807, 2.05) is 69.3 Å². The number of nitriles is 2. The van der Waals surface area contributed by atoms with Crippen molar-refractivity contribution in [3.05, 3.63) is 75.0 Å². The van der Waals surface area contributed by atoms with Gasteiger partial charge in [0, 0.05) is 12.0 Å². The molecule has 0 aliphatic carbocycles. The summed E-state index contributed by atoms with van der Waals surface area (Å²) in [6, 6.07) is 17.2. The standard InChI is InChI=1S/C24H21ClN4O2S/c1-4-20(31-21-9-8-15(2)10-16(21)3)14-30-29-19-7-5-6-17(11-19)22-23(25)32-24(28-22)18(12-26)13-27/h5-11,14,18,29H,4H2,1-3H3. The molecule has 1 aromatic heterocycles. The quantitative estimate of drug-likeness (QED) is 0.288. The molecule has 1 N–H and O–H groups in total. The van der Waals surface area contributed by atoms with Crippen LogP contribution in [0.2, 0.25) is 4.34 Å². The SMILES string of the molecule is CCC(=CONc1cccc(-c2nc(C(C#N)C#N)sc2Cl)c1)Oc1ccc(C)cc1C. The monoisotopic (exact) mass is 464 g/mol. The Kier molecular flexibility index (Phi) is 7.72. The van der Waals surface area contributed by atoms with Crippen LogP contribution < -0.4 is 10.2 Å². The highest BCUT2D eigenvalue weighted by molar-refractivity contribution is 7.16. The maximum absolute atomic E-state index is 9.09. The molecule has 0 aliphatic rings. The maximum atomic E-state index is 9.09. The molecule has 0 amide bonds. The zero-order valence-electron chi connectivity index (χ0n) is 17.8. The third-order valence-electron chi connectivity index (χ3n) is 4.53. The lowest BCUT2D eigenvalue weighted by molar-refractivity contribution is 0.292. The Labute approximate surface area is 196 Å². The maximum Gasteiger partial charge on any atom is 0.184 e. The van der Waals surface area contributed by atoms with Crippen LogP contribution in [0.15, 0.2) is 54.5 Å². The smallest absolute Gasteiger partial charge is 0.184 e. The second kappa shape index (κ2) is 10.7. The van der Waals surface area contributed by atoms with Crippen molar-refractivity contribution >= 4 is 28.6 Å². The lowest BCUT2D eigenvalue weighted by atomic mass is 10.1. The molecular weight excluding hydrogens is 444 g/mol. The molecule has 3 rings (SSSR count). The van der Waals surface area contributed by atoms with Gasteiger partial charge in [0.25, 0.3) is 0 Å². The summed E-state index contributed by atoms with van der Waals surface area (Å²) in [6.45, 7) is 6.03. The molecule has 6 nitrogen and oxygen atoms in total. The lowest BCUT2D eigenvalue weighted by Crippen LogP contribution is -2.01. The first-order valence-corrected chi connectivity index (χ1v) is 11.1. The Morgan fingerprint density at radius 3 is 2.69 bits per heavy atom. The largest absolute Gasteiger partial charge is 0.458 e. The van der Waals surface area contributed by atoms with Gasteiger partial charge in [-0.2, -0.15) is 10.5 Å². The minimum Gasteiger partial charge on any atom is -0.458 e. The van der Waals surface area contributed by atoms with Crippen molar-refractivity contribution in [1.29, 1.82) is 10.5 Å². The summed E-state index contributed by atoms with van der Waals surface area (Å²) in [5.41, 5.74) is 7.05. The van der Waals surface area contributed by atoms with Crippen LogP contribution in [0.3, 0.4) is 0 Å². The highest BCUT2D eigenvalue weighted by Crippen LogP contribution is 2.36. The second-order valence-electron chi connectivity index (χ2n) is 6.98. The van der Waals surface area contributed by atoms with E-state index in [1.54, 1.807) is 0 Å². The predicted octanol–water partition coefficient (Wildman–Crippen LogP) is 6.89. The van der Waals surface area contributed by atoms with Crippen LogP contribution in [0.4, 0.5) is 5.69 Å². The fourth-order valence-electron chi connectivity index (χ4n) is 2.89. The van der Waals surface area contributed by atoms with Crippen LogP contribution in [0.25, 0.3) is 11.3 Å². The summed E-state index contributed by atoms with van der Waals surface area (Å²) >= 11 is 7.45. The normalized spacial score (nSPS) is 11.0.